The summed E-state index contributed by atoms with van der Waals surface area (Å²) in [6, 6.07) is 0. The van der Waals surface area contributed by atoms with Crippen LogP contribution in [-0.2, 0) is 0 Å². The Morgan fingerprint density at radius 2 is 2.00 bits per heavy atom. The summed E-state index contributed by atoms with van der Waals surface area (Å²) in [4.78, 5) is 0. The van der Waals surface area contributed by atoms with Crippen LogP contribution in [0.15, 0.2) is 0 Å². The van der Waals surface area contributed by atoms with Crippen molar-refractivity contribution in [3.63, 3.8) is 0 Å². The number of hydrogen-bond acceptors (Lipinski definition) is 2. The van der Waals surface area contributed by atoms with E-state index in [1.807, 2.05) is 0 Å². The molecular weight excluding hydrogens is 262 g/mol. The van der Waals surface area contributed by atoms with Crippen LogP contribution < -0.4 is 0 Å². The van der Waals surface area contributed by atoms with Crippen molar-refractivity contribution in [3.05, 3.63) is 0 Å². The van der Waals surface area contributed by atoms with Crippen LogP contribution >= 0.6 is 0 Å². The molecular formula is C6H16O2Se2. The van der Waals surface area contributed by atoms with Crippen LogP contribution in [0.2, 0.25) is 10.6 Å². The Balaban J connectivity index is 3.22. The van der Waals surface area contributed by atoms with Crippen LogP contribution in [-0.4, -0.2) is 41.7 Å². The summed E-state index contributed by atoms with van der Waals surface area (Å²) < 4.78 is 0. The van der Waals surface area contributed by atoms with E-state index in [1.54, 1.807) is 0 Å². The van der Waals surface area contributed by atoms with E-state index in [4.69, 9.17) is 10.2 Å². The molecule has 0 amide bonds. The Morgan fingerprint density at radius 3 is 2.40 bits per heavy atom. The van der Waals surface area contributed by atoms with Crippen molar-refractivity contribution in [1.82, 2.24) is 0 Å². The van der Waals surface area contributed by atoms with Crippen LogP contribution in [0.5, 0.6) is 0 Å². The maximum atomic E-state index is 8.54. The quantitative estimate of drug-likeness (QED) is 0.536. The Labute approximate surface area is 72.2 Å². The van der Waals surface area contributed by atoms with Crippen LogP contribution in [0, 0.1) is 0 Å². The molecule has 0 saturated carbocycles. The van der Waals surface area contributed by atoms with Gasteiger partial charge in [0.15, 0.2) is 0 Å². The molecule has 0 aliphatic rings. The zero-order chi connectivity index (χ0) is 7.98. The molecule has 0 spiro atoms. The Kier molecular flexibility index (Phi) is 7.29. The second-order valence-corrected chi connectivity index (χ2v) is 13.0. The minimum absolute atomic E-state index is 0.558. The monoisotopic (exact) mass is 280 g/mol. The van der Waals surface area contributed by atoms with Gasteiger partial charge in [-0.1, -0.05) is 0 Å². The van der Waals surface area contributed by atoms with E-state index in [1.165, 1.54) is 11.7 Å². The van der Waals surface area contributed by atoms with Gasteiger partial charge in [0.05, 0.1) is 0 Å². The van der Waals surface area contributed by atoms with Gasteiger partial charge < -0.3 is 0 Å². The molecule has 0 aromatic carbocycles. The van der Waals surface area contributed by atoms with Gasteiger partial charge in [0.1, 0.15) is 0 Å². The third-order valence-corrected chi connectivity index (χ3v) is 9.66. The number of rotatable bonds is 5. The Bertz CT molecular complexity index is 104. The molecule has 0 aromatic heterocycles. The normalized spacial score (nSPS) is 12.2. The summed E-state index contributed by atoms with van der Waals surface area (Å²) in [6.07, 6.45) is 0.694. The molecule has 0 unspecified atom stereocenters. The third kappa shape index (κ3) is 7.07. The fraction of sp³-hybridized carbons (Fsp3) is 1.00. The zero-order valence-corrected chi connectivity index (χ0v) is 10.0. The van der Waals surface area contributed by atoms with E-state index in [0.29, 0.717) is 6.42 Å². The molecule has 2 N–H and O–H groups in total. The molecule has 4 heteroatoms. The van der Waals surface area contributed by atoms with Crippen molar-refractivity contribution in [1.29, 1.82) is 0 Å². The Morgan fingerprint density at radius 1 is 1.40 bits per heavy atom. The van der Waals surface area contributed by atoms with Crippen LogP contribution in [0.3, 0.4) is 0 Å². The van der Waals surface area contributed by atoms with Crippen molar-refractivity contribution in [2.24, 2.45) is 0 Å². The predicted octanol–water partition coefficient (Wildman–Crippen LogP) is -0.278. The van der Waals surface area contributed by atoms with Crippen molar-refractivity contribution in [2.75, 3.05) is 0 Å². The SMILES string of the molecule is CCC[SeH2](=[Se])CCC(O)O. The number of aliphatic hydroxyl groups excluding tert-OH is 1. The molecule has 0 fully saturated rings. The molecule has 10 heavy (non-hydrogen) atoms. The van der Waals surface area contributed by atoms with Crippen LogP contribution in [0.4, 0.5) is 0 Å². The summed E-state index contributed by atoms with van der Waals surface area (Å²) in [6.45, 7) is 2.17. The molecule has 0 atom stereocenters. The van der Waals surface area contributed by atoms with Crippen LogP contribution in [0.1, 0.15) is 19.8 Å². The fourth-order valence-electron chi connectivity index (χ4n) is 0.694. The molecule has 0 bridgehead atoms. The molecule has 0 aliphatic heterocycles. The number of hydrogen-bond donors (Lipinski definition) is 2. The van der Waals surface area contributed by atoms with Gasteiger partial charge in [-0.2, -0.15) is 0 Å². The minimum atomic E-state index is -1.09. The number of aliphatic hydroxyl groups is 2. The summed E-state index contributed by atoms with van der Waals surface area (Å²) in [5.74, 6) is 0. The first-order chi connectivity index (χ1) is 4.66. The summed E-state index contributed by atoms with van der Waals surface area (Å²) in [7, 11) is 0. The molecule has 64 valence electrons. The summed E-state index contributed by atoms with van der Waals surface area (Å²) in [5, 5.41) is 19.4. The molecule has 2 nitrogen and oxygen atoms in total. The first-order valence-electron chi connectivity index (χ1n) is 3.54. The van der Waals surface area contributed by atoms with Gasteiger partial charge in [-0.05, 0) is 0 Å². The van der Waals surface area contributed by atoms with Crippen molar-refractivity contribution in [3.8, 4) is 0 Å². The average Bonchev–Trinajstić information content (AvgIpc) is 1.85. The first kappa shape index (κ1) is 11.0. The van der Waals surface area contributed by atoms with Gasteiger partial charge in [0.25, 0.3) is 0 Å². The topological polar surface area (TPSA) is 40.5 Å². The van der Waals surface area contributed by atoms with Gasteiger partial charge in [0, 0.05) is 0 Å². The molecule has 0 aromatic rings. The van der Waals surface area contributed by atoms with E-state index in [-0.39, 0.29) is 0 Å². The molecule has 0 rings (SSSR count). The van der Waals surface area contributed by atoms with E-state index >= 15 is 0 Å². The first-order valence-corrected chi connectivity index (χ1v) is 11.8. The molecule has 0 radical (unpaired) electrons. The third-order valence-electron chi connectivity index (χ3n) is 1.21. The molecule has 0 saturated heterocycles. The molecule has 0 aliphatic carbocycles. The van der Waals surface area contributed by atoms with Gasteiger partial charge in [-0.3, -0.25) is 0 Å². The maximum absolute atomic E-state index is 8.54. The standard InChI is InChI=1S/C6H16O2Se2/c1-2-4-10(9)5-3-6(7)8/h6-8H,2-5,10H2,1H3. The van der Waals surface area contributed by atoms with E-state index < -0.39 is 17.8 Å². The van der Waals surface area contributed by atoms with Gasteiger partial charge in [-0.15, -0.1) is 0 Å². The Hall–Kier alpha value is 0.959. The van der Waals surface area contributed by atoms with E-state index in [2.05, 4.69) is 20.6 Å². The second-order valence-electron chi connectivity index (χ2n) is 2.31. The van der Waals surface area contributed by atoms with Gasteiger partial charge >= 0.3 is 72.1 Å². The van der Waals surface area contributed by atoms with Gasteiger partial charge in [-0.25, -0.2) is 0 Å². The predicted molar refractivity (Wildman–Crippen MR) is 47.0 cm³/mol. The average molecular weight is 278 g/mol. The van der Waals surface area contributed by atoms with Crippen molar-refractivity contribution >= 4 is 25.2 Å². The second kappa shape index (κ2) is 6.66. The van der Waals surface area contributed by atoms with Gasteiger partial charge in [0.2, 0.25) is 0 Å². The van der Waals surface area contributed by atoms with Crippen molar-refractivity contribution < 1.29 is 10.2 Å². The fourth-order valence-corrected chi connectivity index (χ4v) is 7.12. The summed E-state index contributed by atoms with van der Waals surface area (Å²) >= 11 is 2.23. The molecule has 0 heterocycles. The van der Waals surface area contributed by atoms with E-state index in [9.17, 15) is 0 Å². The van der Waals surface area contributed by atoms with E-state index in [0.717, 1.165) is 5.32 Å². The van der Waals surface area contributed by atoms with Crippen LogP contribution in [0.25, 0.3) is 0 Å². The summed E-state index contributed by atoms with van der Waals surface area (Å²) in [5.41, 5.74) is 0. The van der Waals surface area contributed by atoms with Crippen molar-refractivity contribution in [2.45, 2.75) is 36.7 Å². The zero-order valence-electron chi connectivity index (χ0n) is 6.21.